The van der Waals surface area contributed by atoms with E-state index in [0.717, 1.165) is 49.5 Å². The molecule has 0 radical (unpaired) electrons. The molecule has 2 fully saturated rings. The van der Waals surface area contributed by atoms with Crippen LogP contribution in [0.3, 0.4) is 0 Å². The second-order valence-electron chi connectivity index (χ2n) is 6.98. The molecule has 4 nitrogen and oxygen atoms in total. The van der Waals surface area contributed by atoms with Crippen LogP contribution in [-0.4, -0.2) is 61.6 Å². The van der Waals surface area contributed by atoms with Crippen molar-refractivity contribution >= 4 is 5.91 Å². The van der Waals surface area contributed by atoms with Crippen LogP contribution in [0.15, 0.2) is 12.1 Å². The Balaban J connectivity index is 1.89. The average molecular weight is 302 g/mol. The second-order valence-corrected chi connectivity index (χ2v) is 6.98. The van der Waals surface area contributed by atoms with Gasteiger partial charge in [-0.1, -0.05) is 17.7 Å². The normalized spacial score (nSPS) is 25.9. The van der Waals surface area contributed by atoms with Crippen molar-refractivity contribution in [2.75, 3.05) is 39.9 Å². The average Bonchev–Trinajstić information content (AvgIpc) is 2.65. The highest BCUT2D eigenvalue weighted by molar-refractivity contribution is 5.97. The van der Waals surface area contributed by atoms with E-state index in [4.69, 9.17) is 4.74 Å². The first-order valence-corrected chi connectivity index (χ1v) is 8.11. The van der Waals surface area contributed by atoms with Crippen LogP contribution in [0.2, 0.25) is 0 Å². The lowest BCUT2D eigenvalue weighted by Crippen LogP contribution is -2.45. The first-order valence-electron chi connectivity index (χ1n) is 8.11. The van der Waals surface area contributed by atoms with Gasteiger partial charge in [0.1, 0.15) is 0 Å². The SMILES string of the molecule is Cc1cc(C)c(C(=O)N2C[C@@H]3COC[C@H](C2)N(C)C3)c(C)c1. The standard InChI is InChI=1S/C18H26N2O2/c1-12-5-13(2)17(14(3)6-12)18(21)20-8-15-7-19(4)16(9-20)11-22-10-15/h5-6,15-16H,7-11H2,1-4H3/t15-,16+/m1/s1. The summed E-state index contributed by atoms with van der Waals surface area (Å²) in [5.74, 6) is 0.592. The van der Waals surface area contributed by atoms with Gasteiger partial charge in [0.2, 0.25) is 0 Å². The zero-order valence-corrected chi connectivity index (χ0v) is 14.1. The first kappa shape index (κ1) is 15.5. The summed E-state index contributed by atoms with van der Waals surface area (Å²) in [5, 5.41) is 0. The predicted molar refractivity (Wildman–Crippen MR) is 87.3 cm³/mol. The number of carbonyl (C=O) groups is 1. The van der Waals surface area contributed by atoms with Crippen molar-refractivity contribution in [2.24, 2.45) is 5.92 Å². The van der Waals surface area contributed by atoms with Crippen molar-refractivity contribution < 1.29 is 9.53 Å². The molecule has 0 spiro atoms. The van der Waals surface area contributed by atoms with E-state index in [1.54, 1.807) is 0 Å². The predicted octanol–water partition coefficient (Wildman–Crippen LogP) is 2.01. The lowest BCUT2D eigenvalue weighted by Gasteiger charge is -2.30. The van der Waals surface area contributed by atoms with Gasteiger partial charge in [-0.25, -0.2) is 0 Å². The molecule has 0 aliphatic carbocycles. The minimum absolute atomic E-state index is 0.183. The summed E-state index contributed by atoms with van der Waals surface area (Å²) in [5.41, 5.74) is 4.27. The third-order valence-corrected chi connectivity index (χ3v) is 4.92. The fourth-order valence-electron chi connectivity index (χ4n) is 3.89. The molecule has 2 saturated heterocycles. The molecule has 120 valence electrons. The molecule has 0 N–H and O–H groups in total. The third-order valence-electron chi connectivity index (χ3n) is 4.92. The number of nitrogens with zero attached hydrogens (tertiary/aromatic N) is 2. The number of aryl methyl sites for hydroxylation is 3. The number of hydrogen-bond acceptors (Lipinski definition) is 3. The highest BCUT2D eigenvalue weighted by Gasteiger charge is 2.34. The Bertz CT molecular complexity index is 561. The molecule has 0 saturated carbocycles. The maximum atomic E-state index is 13.1. The van der Waals surface area contributed by atoms with Gasteiger partial charge in [0.05, 0.1) is 19.3 Å². The van der Waals surface area contributed by atoms with E-state index in [1.807, 2.05) is 18.7 Å². The summed E-state index contributed by atoms with van der Waals surface area (Å²) >= 11 is 0. The molecule has 1 aromatic carbocycles. The Morgan fingerprint density at radius 3 is 2.45 bits per heavy atom. The van der Waals surface area contributed by atoms with Crippen LogP contribution in [0, 0.1) is 26.7 Å². The zero-order valence-electron chi connectivity index (χ0n) is 14.1. The summed E-state index contributed by atoms with van der Waals surface area (Å²) in [7, 11) is 2.14. The fraction of sp³-hybridized carbons (Fsp3) is 0.611. The number of hydrogen-bond donors (Lipinski definition) is 0. The molecule has 1 aromatic rings. The number of ether oxygens (including phenoxy) is 1. The molecule has 2 aliphatic heterocycles. The van der Waals surface area contributed by atoms with Crippen molar-refractivity contribution in [1.29, 1.82) is 0 Å². The number of amides is 1. The van der Waals surface area contributed by atoms with Gasteiger partial charge in [-0.15, -0.1) is 0 Å². The Morgan fingerprint density at radius 1 is 1.09 bits per heavy atom. The lowest BCUT2D eigenvalue weighted by molar-refractivity contribution is 0.0433. The van der Waals surface area contributed by atoms with E-state index in [9.17, 15) is 4.79 Å². The first-order chi connectivity index (χ1) is 10.5. The molecule has 22 heavy (non-hydrogen) atoms. The summed E-state index contributed by atoms with van der Waals surface area (Å²) in [6, 6.07) is 4.52. The summed E-state index contributed by atoms with van der Waals surface area (Å²) < 4.78 is 5.75. The molecule has 1 amide bonds. The van der Waals surface area contributed by atoms with Crippen LogP contribution < -0.4 is 0 Å². The molecule has 3 rings (SSSR count). The van der Waals surface area contributed by atoms with Crippen LogP contribution in [0.5, 0.6) is 0 Å². The van der Waals surface area contributed by atoms with Gasteiger partial charge in [-0.3, -0.25) is 9.69 Å². The molecular weight excluding hydrogens is 276 g/mol. The fourth-order valence-corrected chi connectivity index (χ4v) is 3.89. The Labute approximate surface area is 133 Å². The molecule has 2 atom stereocenters. The van der Waals surface area contributed by atoms with E-state index in [1.165, 1.54) is 5.56 Å². The van der Waals surface area contributed by atoms with Gasteiger partial charge in [-0.2, -0.15) is 0 Å². The van der Waals surface area contributed by atoms with E-state index >= 15 is 0 Å². The van der Waals surface area contributed by atoms with Gasteiger partial charge in [0.15, 0.2) is 0 Å². The summed E-state index contributed by atoms with van der Waals surface area (Å²) in [4.78, 5) is 17.5. The Hall–Kier alpha value is -1.39. The molecule has 2 bridgehead atoms. The molecule has 4 heteroatoms. The van der Waals surface area contributed by atoms with Gasteiger partial charge >= 0.3 is 0 Å². The number of benzene rings is 1. The second kappa shape index (κ2) is 6.01. The number of fused-ring (bicyclic) bond motifs is 3. The van der Waals surface area contributed by atoms with Crippen molar-refractivity contribution in [3.63, 3.8) is 0 Å². The molecule has 2 heterocycles. The van der Waals surface area contributed by atoms with Crippen LogP contribution >= 0.6 is 0 Å². The highest BCUT2D eigenvalue weighted by atomic mass is 16.5. The highest BCUT2D eigenvalue weighted by Crippen LogP contribution is 2.23. The van der Waals surface area contributed by atoms with Crippen molar-refractivity contribution in [2.45, 2.75) is 26.8 Å². The van der Waals surface area contributed by atoms with Crippen LogP contribution in [0.25, 0.3) is 0 Å². The minimum Gasteiger partial charge on any atom is -0.379 e. The van der Waals surface area contributed by atoms with E-state index in [-0.39, 0.29) is 5.91 Å². The summed E-state index contributed by atoms with van der Waals surface area (Å²) in [6.07, 6.45) is 0. The topological polar surface area (TPSA) is 32.8 Å². The van der Waals surface area contributed by atoms with Crippen molar-refractivity contribution in [1.82, 2.24) is 9.80 Å². The van der Waals surface area contributed by atoms with Crippen LogP contribution in [0.1, 0.15) is 27.0 Å². The monoisotopic (exact) mass is 302 g/mol. The maximum absolute atomic E-state index is 13.1. The Kier molecular flexibility index (Phi) is 4.24. The Morgan fingerprint density at radius 2 is 1.77 bits per heavy atom. The number of rotatable bonds is 1. The molecule has 0 unspecified atom stereocenters. The maximum Gasteiger partial charge on any atom is 0.254 e. The van der Waals surface area contributed by atoms with Crippen LogP contribution in [-0.2, 0) is 4.74 Å². The lowest BCUT2D eigenvalue weighted by atomic mass is 9.98. The zero-order chi connectivity index (χ0) is 15.9. The number of carbonyl (C=O) groups excluding carboxylic acids is 1. The number of likely N-dealkylation sites (N-methyl/N-ethyl adjacent to an activating group) is 1. The van der Waals surface area contributed by atoms with Crippen molar-refractivity contribution in [3.8, 4) is 0 Å². The van der Waals surface area contributed by atoms with Gasteiger partial charge in [-0.05, 0) is 38.9 Å². The van der Waals surface area contributed by atoms with Gasteiger partial charge in [0.25, 0.3) is 5.91 Å². The smallest absolute Gasteiger partial charge is 0.254 e. The van der Waals surface area contributed by atoms with E-state index in [2.05, 4.69) is 31.0 Å². The van der Waals surface area contributed by atoms with E-state index < -0.39 is 0 Å². The van der Waals surface area contributed by atoms with E-state index in [0.29, 0.717) is 12.0 Å². The summed E-state index contributed by atoms with van der Waals surface area (Å²) in [6.45, 7) is 10.2. The van der Waals surface area contributed by atoms with Crippen molar-refractivity contribution in [3.05, 3.63) is 34.4 Å². The minimum atomic E-state index is 0.183. The van der Waals surface area contributed by atoms with Gasteiger partial charge < -0.3 is 9.64 Å². The third kappa shape index (κ3) is 2.90. The van der Waals surface area contributed by atoms with Gasteiger partial charge in [0, 0.05) is 31.1 Å². The van der Waals surface area contributed by atoms with Crippen LogP contribution in [0.4, 0.5) is 0 Å². The molecule has 2 aliphatic rings. The largest absolute Gasteiger partial charge is 0.379 e. The molecule has 0 aromatic heterocycles. The molecular formula is C18H26N2O2. The quantitative estimate of drug-likeness (QED) is 0.795.